The molecule has 0 atom stereocenters. The molecule has 0 bridgehead atoms. The minimum atomic E-state index is 0.469. The minimum absolute atomic E-state index is 0.469. The van der Waals surface area contributed by atoms with Gasteiger partial charge < -0.3 is 4.40 Å². The Bertz CT molecular complexity index is 361. The van der Waals surface area contributed by atoms with Crippen molar-refractivity contribution in [3.63, 3.8) is 0 Å². The van der Waals surface area contributed by atoms with Crippen LogP contribution in [0.5, 0.6) is 0 Å². The maximum Gasteiger partial charge on any atom is 0.170 e. The largest absolute Gasteiger partial charge is 0.306 e. The Morgan fingerprint density at radius 3 is 2.12 bits per heavy atom. The third-order valence-electron chi connectivity index (χ3n) is 1.50. The zero-order valence-corrected chi connectivity index (χ0v) is 11.8. The van der Waals surface area contributed by atoms with E-state index in [4.69, 9.17) is 0 Å². The summed E-state index contributed by atoms with van der Waals surface area (Å²) >= 11 is 0. The molecule has 0 radical (unpaired) electrons. The number of aromatic nitrogens is 2. The van der Waals surface area contributed by atoms with Crippen LogP contribution in [0.4, 0.5) is 0 Å². The highest BCUT2D eigenvalue weighted by Gasteiger charge is 1.96. The molecule has 0 aliphatic carbocycles. The van der Waals surface area contributed by atoms with Gasteiger partial charge in [0.25, 0.3) is 0 Å². The van der Waals surface area contributed by atoms with Crippen molar-refractivity contribution in [1.29, 1.82) is 0 Å². The van der Waals surface area contributed by atoms with E-state index < -0.39 is 0 Å². The predicted molar refractivity (Wildman–Crippen MR) is 74.6 cm³/mol. The number of nitrogens with zero attached hydrogens (tertiary/aromatic N) is 2. The molecule has 0 aromatic carbocycles. The van der Waals surface area contributed by atoms with Gasteiger partial charge in [0.1, 0.15) is 11.3 Å². The van der Waals surface area contributed by atoms with Crippen LogP contribution < -0.4 is 0 Å². The molecule has 3 nitrogen and oxygen atoms in total. The van der Waals surface area contributed by atoms with Crippen LogP contribution in [0.1, 0.15) is 52.0 Å². The summed E-state index contributed by atoms with van der Waals surface area (Å²) < 4.78 is 1.81. The molecule has 2 aromatic rings. The standard InChI is InChI=1S/C8H6N2O.3C2H6/c11-6-7-5-10-4-2-1-3-8(10)9-7;3*1-2/h1-6H;3*1-2H3. The second-order valence-electron chi connectivity index (χ2n) is 2.25. The number of hydrogen-bond acceptors (Lipinski definition) is 2. The molecule has 0 saturated heterocycles. The van der Waals surface area contributed by atoms with Crippen LogP contribution in [0, 0.1) is 0 Å². The molecule has 2 heterocycles. The maximum absolute atomic E-state index is 10.3. The molecule has 2 rings (SSSR count). The number of rotatable bonds is 1. The lowest BCUT2D eigenvalue weighted by Crippen LogP contribution is -1.77. The molecule has 0 saturated carbocycles. The van der Waals surface area contributed by atoms with Gasteiger partial charge in [-0.15, -0.1) is 0 Å². The van der Waals surface area contributed by atoms with E-state index in [0.29, 0.717) is 5.69 Å². The summed E-state index contributed by atoms with van der Waals surface area (Å²) in [4.78, 5) is 14.3. The van der Waals surface area contributed by atoms with E-state index in [-0.39, 0.29) is 0 Å². The number of carbonyl (C=O) groups is 1. The van der Waals surface area contributed by atoms with E-state index in [1.165, 1.54) is 0 Å². The molecule has 17 heavy (non-hydrogen) atoms. The Morgan fingerprint density at radius 2 is 1.65 bits per heavy atom. The van der Waals surface area contributed by atoms with Crippen molar-refractivity contribution in [2.45, 2.75) is 41.5 Å². The van der Waals surface area contributed by atoms with Gasteiger partial charge >= 0.3 is 0 Å². The number of pyridine rings is 1. The van der Waals surface area contributed by atoms with Crippen LogP contribution in [0.25, 0.3) is 5.65 Å². The fraction of sp³-hybridized carbons (Fsp3) is 0.429. The van der Waals surface area contributed by atoms with Crippen molar-refractivity contribution in [3.05, 3.63) is 36.3 Å². The van der Waals surface area contributed by atoms with E-state index in [2.05, 4.69) is 4.98 Å². The molecule has 3 heteroatoms. The Morgan fingerprint density at radius 1 is 1.06 bits per heavy atom. The third kappa shape index (κ3) is 5.85. The smallest absolute Gasteiger partial charge is 0.170 e. The van der Waals surface area contributed by atoms with Crippen LogP contribution in [0.15, 0.2) is 30.6 Å². The number of hydrogen-bond donors (Lipinski definition) is 0. The number of fused-ring (bicyclic) bond motifs is 1. The first-order valence-corrected chi connectivity index (χ1v) is 6.29. The van der Waals surface area contributed by atoms with E-state index in [1.807, 2.05) is 70.3 Å². The zero-order chi connectivity index (χ0) is 13.7. The van der Waals surface area contributed by atoms with Crippen molar-refractivity contribution in [1.82, 2.24) is 9.38 Å². The SMILES string of the molecule is CC.CC.CC.O=Cc1cn2ccccc2n1. The topological polar surface area (TPSA) is 34.4 Å². The average molecular weight is 236 g/mol. The molecule has 0 aliphatic rings. The van der Waals surface area contributed by atoms with Gasteiger partial charge in [-0.2, -0.15) is 0 Å². The molecule has 0 fully saturated rings. The van der Waals surface area contributed by atoms with Crippen molar-refractivity contribution in [2.24, 2.45) is 0 Å². The Kier molecular flexibility index (Phi) is 13.0. The molecule has 0 spiro atoms. The van der Waals surface area contributed by atoms with Crippen LogP contribution in [0.3, 0.4) is 0 Å². The summed E-state index contributed by atoms with van der Waals surface area (Å²) in [5.41, 5.74) is 1.27. The monoisotopic (exact) mass is 236 g/mol. The number of aldehydes is 1. The molecule has 0 aliphatic heterocycles. The van der Waals surface area contributed by atoms with E-state index in [9.17, 15) is 4.79 Å². The van der Waals surface area contributed by atoms with Crippen LogP contribution >= 0.6 is 0 Å². The molecule has 2 aromatic heterocycles. The van der Waals surface area contributed by atoms with Gasteiger partial charge in [0.15, 0.2) is 6.29 Å². The summed E-state index contributed by atoms with van der Waals surface area (Å²) in [6.45, 7) is 12.0. The lowest BCUT2D eigenvalue weighted by atomic mass is 10.5. The molecule has 0 unspecified atom stereocenters. The Labute approximate surface area is 105 Å². The lowest BCUT2D eigenvalue weighted by Gasteiger charge is -1.86. The predicted octanol–water partition coefficient (Wildman–Crippen LogP) is 4.23. The van der Waals surface area contributed by atoms with Gasteiger partial charge in [-0.05, 0) is 12.1 Å². The highest BCUT2D eigenvalue weighted by molar-refractivity contribution is 5.73. The zero-order valence-electron chi connectivity index (χ0n) is 11.8. The van der Waals surface area contributed by atoms with Crippen molar-refractivity contribution < 1.29 is 4.79 Å². The quantitative estimate of drug-likeness (QED) is 0.694. The van der Waals surface area contributed by atoms with Gasteiger partial charge in [0.2, 0.25) is 0 Å². The average Bonchev–Trinajstić information content (AvgIpc) is 2.88. The maximum atomic E-state index is 10.3. The summed E-state index contributed by atoms with van der Waals surface area (Å²) in [7, 11) is 0. The van der Waals surface area contributed by atoms with Gasteiger partial charge in [-0.25, -0.2) is 4.98 Å². The first-order valence-electron chi connectivity index (χ1n) is 6.29. The first-order chi connectivity index (χ1) is 8.40. The van der Waals surface area contributed by atoms with Crippen LogP contribution in [-0.4, -0.2) is 15.7 Å². The summed E-state index contributed by atoms with van der Waals surface area (Å²) in [5.74, 6) is 0. The normalized spacial score (nSPS) is 7.65. The van der Waals surface area contributed by atoms with E-state index in [1.54, 1.807) is 6.20 Å². The Hall–Kier alpha value is -1.64. The van der Waals surface area contributed by atoms with E-state index in [0.717, 1.165) is 11.9 Å². The van der Waals surface area contributed by atoms with Gasteiger partial charge in [-0.3, -0.25) is 4.79 Å². The van der Waals surface area contributed by atoms with E-state index >= 15 is 0 Å². The fourth-order valence-electron chi connectivity index (χ4n) is 1.01. The first kappa shape index (κ1) is 17.7. The molecular weight excluding hydrogens is 212 g/mol. The number of carbonyl (C=O) groups excluding carboxylic acids is 1. The van der Waals surface area contributed by atoms with Gasteiger partial charge in [0, 0.05) is 12.4 Å². The molecule has 0 N–H and O–H groups in total. The molecule has 0 amide bonds. The van der Waals surface area contributed by atoms with Crippen molar-refractivity contribution in [3.8, 4) is 0 Å². The number of imidazole rings is 1. The van der Waals surface area contributed by atoms with Crippen LogP contribution in [-0.2, 0) is 0 Å². The summed E-state index contributed by atoms with van der Waals surface area (Å²) in [5, 5.41) is 0. The van der Waals surface area contributed by atoms with Crippen LogP contribution in [0.2, 0.25) is 0 Å². The summed E-state index contributed by atoms with van der Waals surface area (Å²) in [6, 6.07) is 5.63. The van der Waals surface area contributed by atoms with Crippen molar-refractivity contribution in [2.75, 3.05) is 0 Å². The highest BCUT2D eigenvalue weighted by atomic mass is 16.1. The second kappa shape index (κ2) is 12.4. The van der Waals surface area contributed by atoms with Crippen molar-refractivity contribution >= 4 is 11.9 Å². The third-order valence-corrected chi connectivity index (χ3v) is 1.50. The minimum Gasteiger partial charge on any atom is -0.306 e. The molecule has 96 valence electrons. The molecular formula is C14H24N2O. The summed E-state index contributed by atoms with van der Waals surface area (Å²) in [6.07, 6.45) is 4.30. The van der Waals surface area contributed by atoms with Gasteiger partial charge in [0.05, 0.1) is 0 Å². The lowest BCUT2D eigenvalue weighted by molar-refractivity contribution is 0.111. The van der Waals surface area contributed by atoms with Gasteiger partial charge in [-0.1, -0.05) is 47.6 Å². The fourth-order valence-corrected chi connectivity index (χ4v) is 1.01. The second-order valence-corrected chi connectivity index (χ2v) is 2.25. The Balaban J connectivity index is 0. The highest BCUT2D eigenvalue weighted by Crippen LogP contribution is 2.01.